The number of unbranched alkanes of at least 4 members (excludes halogenated alkanes) is 1. The maximum atomic E-state index is 11.6. The van der Waals surface area contributed by atoms with Crippen molar-refractivity contribution in [2.45, 2.75) is 26.7 Å². The van der Waals surface area contributed by atoms with Crippen LogP contribution in [0.25, 0.3) is 0 Å². The number of phenolic OH excluding ortho intramolecular Hbond substituents is 1. The third-order valence-corrected chi connectivity index (χ3v) is 4.70. The molecule has 0 saturated carbocycles. The van der Waals surface area contributed by atoms with Crippen LogP contribution < -0.4 is 9.25 Å². The van der Waals surface area contributed by atoms with Gasteiger partial charge in [0.2, 0.25) is 0 Å². The van der Waals surface area contributed by atoms with E-state index < -0.39 is 14.2 Å². The van der Waals surface area contributed by atoms with Crippen LogP contribution in [0.15, 0.2) is 18.2 Å². The maximum absolute atomic E-state index is 11.6. The molecule has 0 aliphatic carbocycles. The summed E-state index contributed by atoms with van der Waals surface area (Å²) in [6.07, 6.45) is 1.61. The summed E-state index contributed by atoms with van der Waals surface area (Å²) in [6.45, 7) is 3.72. The van der Waals surface area contributed by atoms with Gasteiger partial charge >= 0.3 is 114 Å². The van der Waals surface area contributed by atoms with Gasteiger partial charge in [0.05, 0.1) is 0 Å². The van der Waals surface area contributed by atoms with E-state index in [4.69, 9.17) is 0 Å². The van der Waals surface area contributed by atoms with Crippen molar-refractivity contribution in [3.05, 3.63) is 18.2 Å². The number of carbonyl (C=O) groups is 1. The molecule has 1 amide bonds. The van der Waals surface area contributed by atoms with Crippen molar-refractivity contribution in [1.29, 1.82) is 0 Å². The molecule has 0 radical (unpaired) electrons. The third-order valence-electron chi connectivity index (χ3n) is 2.70. The van der Waals surface area contributed by atoms with Crippen LogP contribution in [-0.4, -0.2) is 39.9 Å². The topological polar surface area (TPSA) is 98.1 Å². The summed E-state index contributed by atoms with van der Waals surface area (Å²) >= 11 is -5.04. The molecule has 0 aromatic heterocycles. The predicted molar refractivity (Wildman–Crippen MR) is 71.6 cm³/mol. The van der Waals surface area contributed by atoms with Crippen LogP contribution in [-0.2, 0) is 8.53 Å². The average Bonchev–Trinajstić information content (AvgIpc) is 2.29. The van der Waals surface area contributed by atoms with Crippen molar-refractivity contribution in [2.24, 2.45) is 0 Å². The number of anilines is 1. The minimum atomic E-state index is -5.04. The molecule has 1 rings (SSSR count). The van der Waals surface area contributed by atoms with Crippen molar-refractivity contribution in [2.75, 3.05) is 11.4 Å². The summed E-state index contributed by atoms with van der Waals surface area (Å²) in [5.41, 5.74) is 0.142. The normalized spacial score (nSPS) is 11.4. The first-order valence-corrected chi connectivity index (χ1v) is 9.33. The Balaban J connectivity index is 3.22. The molecule has 0 atom stereocenters. The SMILES string of the molecule is CCCCN(C(C)=O)c1cc([As](=O)(O)O)ccc1O. The fraction of sp³-hybridized carbons (Fsp3) is 0.417. The molecule has 106 valence electrons. The molecule has 0 saturated heterocycles. The second-order valence-electron chi connectivity index (χ2n) is 4.24. The molecule has 6 nitrogen and oxygen atoms in total. The number of nitrogens with zero attached hydrogens (tertiary/aromatic N) is 1. The van der Waals surface area contributed by atoms with Crippen LogP contribution in [0.1, 0.15) is 26.7 Å². The van der Waals surface area contributed by atoms with Crippen molar-refractivity contribution < 1.29 is 21.8 Å². The van der Waals surface area contributed by atoms with Crippen molar-refractivity contribution in [3.8, 4) is 5.75 Å². The minimum absolute atomic E-state index is 0.142. The summed E-state index contributed by atoms with van der Waals surface area (Å²) in [7, 11) is 0. The molecule has 3 N–H and O–H groups in total. The van der Waals surface area contributed by atoms with Gasteiger partial charge in [-0.2, -0.15) is 0 Å². The predicted octanol–water partition coefficient (Wildman–Crippen LogP) is 0.106. The number of carbonyl (C=O) groups excluding carboxylic acids is 1. The first-order valence-electron chi connectivity index (χ1n) is 5.94. The number of amides is 1. The molecule has 0 aliphatic heterocycles. The van der Waals surface area contributed by atoms with Crippen LogP contribution in [0.5, 0.6) is 5.75 Å². The second kappa shape index (κ2) is 6.28. The van der Waals surface area contributed by atoms with Crippen LogP contribution in [0.2, 0.25) is 0 Å². The van der Waals surface area contributed by atoms with E-state index in [1.165, 1.54) is 30.0 Å². The van der Waals surface area contributed by atoms with Gasteiger partial charge in [-0.1, -0.05) is 0 Å². The number of aromatic hydroxyl groups is 1. The molecule has 19 heavy (non-hydrogen) atoms. The van der Waals surface area contributed by atoms with Gasteiger partial charge in [-0.3, -0.25) is 0 Å². The summed E-state index contributed by atoms with van der Waals surface area (Å²) in [6, 6.07) is 3.57. The Kier molecular flexibility index (Phi) is 5.23. The van der Waals surface area contributed by atoms with Crippen LogP contribution in [0.4, 0.5) is 5.69 Å². The Labute approximate surface area is 114 Å². The van der Waals surface area contributed by atoms with Gasteiger partial charge in [0.15, 0.2) is 0 Å². The monoisotopic (exact) mass is 331 g/mol. The van der Waals surface area contributed by atoms with Crippen molar-refractivity contribution in [3.63, 3.8) is 0 Å². The Morgan fingerprint density at radius 3 is 2.47 bits per heavy atom. The molecule has 1 aromatic rings. The fourth-order valence-corrected chi connectivity index (χ4v) is 2.85. The van der Waals surface area contributed by atoms with E-state index in [0.29, 0.717) is 6.54 Å². The van der Waals surface area contributed by atoms with E-state index in [1.807, 2.05) is 6.92 Å². The van der Waals surface area contributed by atoms with Gasteiger partial charge in [0.1, 0.15) is 0 Å². The van der Waals surface area contributed by atoms with Gasteiger partial charge in [-0.05, 0) is 0 Å². The first-order chi connectivity index (χ1) is 8.77. The van der Waals surface area contributed by atoms with Crippen molar-refractivity contribution in [1.82, 2.24) is 0 Å². The number of rotatable bonds is 5. The molecule has 0 fully saturated rings. The molecule has 7 heteroatoms. The number of hydrogen-bond donors (Lipinski definition) is 3. The summed E-state index contributed by atoms with van der Waals surface area (Å²) in [5.74, 6) is -0.446. The Morgan fingerprint density at radius 1 is 1.37 bits per heavy atom. The molecule has 0 heterocycles. The van der Waals surface area contributed by atoms with Crippen LogP contribution in [0, 0.1) is 0 Å². The van der Waals surface area contributed by atoms with E-state index >= 15 is 0 Å². The first kappa shape index (κ1) is 15.8. The zero-order valence-electron chi connectivity index (χ0n) is 10.9. The van der Waals surface area contributed by atoms with Gasteiger partial charge in [0, 0.05) is 0 Å². The number of benzene rings is 1. The van der Waals surface area contributed by atoms with Crippen LogP contribution in [0.3, 0.4) is 0 Å². The van der Waals surface area contributed by atoms with Crippen LogP contribution >= 0.6 is 0 Å². The van der Waals surface area contributed by atoms with E-state index in [1.54, 1.807) is 0 Å². The molecule has 0 aliphatic rings. The zero-order chi connectivity index (χ0) is 14.6. The van der Waals surface area contributed by atoms with E-state index in [0.717, 1.165) is 12.8 Å². The summed E-state index contributed by atoms with van der Waals surface area (Å²) < 4.78 is 29.5. The van der Waals surface area contributed by atoms with Crippen molar-refractivity contribution >= 4 is 30.1 Å². The zero-order valence-corrected chi connectivity index (χ0v) is 12.8. The quantitative estimate of drug-likeness (QED) is 0.665. The molecular weight excluding hydrogens is 313 g/mol. The number of hydrogen-bond acceptors (Lipinski definition) is 3. The summed E-state index contributed by atoms with van der Waals surface area (Å²) in [5, 5.41) is 9.78. The molecule has 0 unspecified atom stereocenters. The van der Waals surface area contributed by atoms with Gasteiger partial charge in [-0.25, -0.2) is 0 Å². The Hall–Kier alpha value is -1.23. The van der Waals surface area contributed by atoms with Gasteiger partial charge < -0.3 is 0 Å². The van der Waals surface area contributed by atoms with E-state index in [-0.39, 0.29) is 21.7 Å². The van der Waals surface area contributed by atoms with E-state index in [2.05, 4.69) is 0 Å². The molecular formula is C12H18AsNO5. The molecule has 0 bridgehead atoms. The van der Waals surface area contributed by atoms with Gasteiger partial charge in [0.25, 0.3) is 0 Å². The van der Waals surface area contributed by atoms with E-state index in [9.17, 15) is 21.8 Å². The second-order valence-corrected chi connectivity index (χ2v) is 7.61. The third kappa shape index (κ3) is 4.13. The number of phenols is 1. The fourth-order valence-electron chi connectivity index (χ4n) is 1.67. The molecule has 1 aromatic carbocycles. The Bertz CT molecular complexity index is 511. The summed E-state index contributed by atoms with van der Waals surface area (Å²) in [4.78, 5) is 12.9. The average molecular weight is 331 g/mol. The Morgan fingerprint density at radius 2 is 2.00 bits per heavy atom. The van der Waals surface area contributed by atoms with Gasteiger partial charge in [-0.15, -0.1) is 0 Å². The standard InChI is InChI=1S/C12H18AsNO5/c1-3-4-7-14(9(2)15)11-8-10(13(17,18)19)5-6-12(11)16/h5-6,8,16H,3-4,7H2,1-2H3,(H2,17,18,19). The molecule has 0 spiro atoms.